The highest BCUT2D eigenvalue weighted by Gasteiger charge is 2.30. The molecule has 5 nitrogen and oxygen atoms in total. The number of likely N-dealkylation sites (N-methyl/N-ethyl adjacent to an activating group) is 1. The predicted octanol–water partition coefficient (Wildman–Crippen LogP) is 3.49. The number of nitrogens with zero attached hydrogens (tertiary/aromatic N) is 1. The second kappa shape index (κ2) is 9.09. The molecule has 0 unspecified atom stereocenters. The summed E-state index contributed by atoms with van der Waals surface area (Å²) in [6.07, 6.45) is -0.887. The molecule has 1 aromatic carbocycles. The highest BCUT2D eigenvalue weighted by atomic mass is 19.4. The number of pyridine rings is 1. The van der Waals surface area contributed by atoms with Crippen LogP contribution in [-0.4, -0.2) is 31.0 Å². The number of alkyl halides is 3. The largest absolute Gasteiger partial charge is 0.416 e. The third-order valence-electron chi connectivity index (χ3n) is 4.65. The number of hydrogen-bond donors (Lipinski definition) is 3. The average Bonchev–Trinajstić information content (AvgIpc) is 2.84. The first-order valence-electron chi connectivity index (χ1n) is 9.39. The molecule has 0 spiro atoms. The number of rotatable bonds is 6. The molecule has 0 radical (unpaired) electrons. The molecule has 154 valence electrons. The van der Waals surface area contributed by atoms with Crippen LogP contribution in [0.25, 0.3) is 0 Å². The topological polar surface area (TPSA) is 66.1 Å². The lowest BCUT2D eigenvalue weighted by molar-refractivity contribution is -0.137. The average molecular weight is 404 g/mol. The van der Waals surface area contributed by atoms with Gasteiger partial charge in [-0.05, 0) is 55.6 Å². The van der Waals surface area contributed by atoms with Crippen LogP contribution < -0.4 is 16.0 Å². The van der Waals surface area contributed by atoms with Crippen molar-refractivity contribution in [1.29, 1.82) is 0 Å². The van der Waals surface area contributed by atoms with Crippen molar-refractivity contribution in [3.63, 3.8) is 0 Å². The molecule has 0 atom stereocenters. The molecule has 3 N–H and O–H groups in total. The van der Waals surface area contributed by atoms with Gasteiger partial charge in [0.05, 0.1) is 5.56 Å². The van der Waals surface area contributed by atoms with Gasteiger partial charge in [0.1, 0.15) is 5.82 Å². The van der Waals surface area contributed by atoms with Gasteiger partial charge >= 0.3 is 6.18 Å². The number of amides is 1. The first-order valence-corrected chi connectivity index (χ1v) is 9.39. The Morgan fingerprint density at radius 2 is 1.97 bits per heavy atom. The van der Waals surface area contributed by atoms with Gasteiger partial charge < -0.3 is 16.0 Å². The SMILES string of the molecule is CNCC1=C(Nc2cc(Cc3cccc(C(F)(F)F)c3)ccn2)CCCNC1=O. The Hall–Kier alpha value is -2.87. The summed E-state index contributed by atoms with van der Waals surface area (Å²) in [5, 5.41) is 9.11. The van der Waals surface area contributed by atoms with E-state index in [0.29, 0.717) is 42.9 Å². The molecule has 1 aliphatic heterocycles. The van der Waals surface area contributed by atoms with Crippen molar-refractivity contribution >= 4 is 11.7 Å². The Bertz CT molecular complexity index is 909. The molecule has 2 heterocycles. The molecule has 0 saturated heterocycles. The first-order chi connectivity index (χ1) is 13.9. The van der Waals surface area contributed by atoms with E-state index in [1.165, 1.54) is 6.07 Å². The lowest BCUT2D eigenvalue weighted by atomic mass is 10.0. The van der Waals surface area contributed by atoms with Crippen molar-refractivity contribution in [3.05, 3.63) is 70.6 Å². The molecule has 0 bridgehead atoms. The maximum Gasteiger partial charge on any atom is 0.416 e. The van der Waals surface area contributed by atoms with Crippen molar-refractivity contribution < 1.29 is 18.0 Å². The van der Waals surface area contributed by atoms with E-state index in [0.717, 1.165) is 29.8 Å². The van der Waals surface area contributed by atoms with Gasteiger partial charge in [-0.15, -0.1) is 0 Å². The van der Waals surface area contributed by atoms with Crippen LogP contribution in [-0.2, 0) is 17.4 Å². The van der Waals surface area contributed by atoms with E-state index in [1.807, 2.05) is 0 Å². The molecule has 8 heteroatoms. The summed E-state index contributed by atoms with van der Waals surface area (Å²) in [5.74, 6) is 0.451. The minimum Gasteiger partial charge on any atom is -0.352 e. The van der Waals surface area contributed by atoms with Gasteiger partial charge in [-0.3, -0.25) is 4.79 Å². The number of anilines is 1. The highest BCUT2D eigenvalue weighted by molar-refractivity contribution is 5.95. The van der Waals surface area contributed by atoms with Crippen LogP contribution in [0.4, 0.5) is 19.0 Å². The van der Waals surface area contributed by atoms with Crippen LogP contribution in [0.2, 0.25) is 0 Å². The molecule has 1 aromatic heterocycles. The van der Waals surface area contributed by atoms with Crippen LogP contribution in [0, 0.1) is 0 Å². The van der Waals surface area contributed by atoms with Crippen LogP contribution in [0.5, 0.6) is 0 Å². The summed E-state index contributed by atoms with van der Waals surface area (Å²) in [4.78, 5) is 16.6. The van der Waals surface area contributed by atoms with Gasteiger partial charge in [-0.1, -0.05) is 18.2 Å². The zero-order valence-corrected chi connectivity index (χ0v) is 16.1. The first kappa shape index (κ1) is 20.9. The second-order valence-electron chi connectivity index (χ2n) is 6.90. The van der Waals surface area contributed by atoms with Crippen LogP contribution in [0.15, 0.2) is 53.9 Å². The summed E-state index contributed by atoms with van der Waals surface area (Å²) >= 11 is 0. The number of carbonyl (C=O) groups is 1. The number of aromatic nitrogens is 1. The Morgan fingerprint density at radius 3 is 2.72 bits per heavy atom. The van der Waals surface area contributed by atoms with E-state index in [2.05, 4.69) is 20.9 Å². The number of hydrogen-bond acceptors (Lipinski definition) is 4. The molecule has 3 rings (SSSR count). The van der Waals surface area contributed by atoms with Crippen LogP contribution in [0.1, 0.15) is 29.5 Å². The lowest BCUT2D eigenvalue weighted by Gasteiger charge is -2.14. The highest BCUT2D eigenvalue weighted by Crippen LogP contribution is 2.30. The summed E-state index contributed by atoms with van der Waals surface area (Å²) in [7, 11) is 1.77. The maximum atomic E-state index is 12.9. The third-order valence-corrected chi connectivity index (χ3v) is 4.65. The Morgan fingerprint density at radius 1 is 1.17 bits per heavy atom. The predicted molar refractivity (Wildman–Crippen MR) is 105 cm³/mol. The minimum atomic E-state index is -4.36. The van der Waals surface area contributed by atoms with E-state index in [-0.39, 0.29) is 5.91 Å². The van der Waals surface area contributed by atoms with E-state index < -0.39 is 11.7 Å². The zero-order valence-electron chi connectivity index (χ0n) is 16.1. The van der Waals surface area contributed by atoms with Crippen molar-refractivity contribution in [2.24, 2.45) is 0 Å². The van der Waals surface area contributed by atoms with Crippen molar-refractivity contribution in [2.75, 3.05) is 25.5 Å². The number of nitrogens with one attached hydrogen (secondary N) is 3. The minimum absolute atomic E-state index is 0.112. The quantitative estimate of drug-likeness (QED) is 0.690. The zero-order chi connectivity index (χ0) is 20.9. The molecule has 29 heavy (non-hydrogen) atoms. The smallest absolute Gasteiger partial charge is 0.352 e. The third kappa shape index (κ3) is 5.57. The van der Waals surface area contributed by atoms with Gasteiger partial charge in [0.2, 0.25) is 5.91 Å². The number of allylic oxidation sites excluding steroid dienone is 1. The molecule has 0 aliphatic carbocycles. The Labute approximate surface area is 167 Å². The molecule has 1 amide bonds. The number of carbonyl (C=O) groups excluding carboxylic acids is 1. The fraction of sp³-hybridized carbons (Fsp3) is 0.333. The summed E-state index contributed by atoms with van der Waals surface area (Å²) < 4.78 is 38.8. The Kier molecular flexibility index (Phi) is 6.53. The van der Waals surface area contributed by atoms with Gasteiger partial charge in [-0.2, -0.15) is 13.2 Å². The van der Waals surface area contributed by atoms with Gasteiger partial charge in [-0.25, -0.2) is 4.98 Å². The standard InChI is InChI=1S/C21H23F3N4O/c1-25-13-17-18(6-3-8-27-20(17)29)28-19-12-15(7-9-26-19)10-14-4-2-5-16(11-14)21(22,23)24/h2,4-5,7,9,11-12,25H,3,6,8,10,13H2,1H3,(H,26,28)(H,27,29). The molecule has 0 saturated carbocycles. The van der Waals surface area contributed by atoms with Gasteiger partial charge in [0, 0.05) is 30.6 Å². The summed E-state index contributed by atoms with van der Waals surface area (Å²) in [6.45, 7) is 1.04. The summed E-state index contributed by atoms with van der Waals surface area (Å²) in [5.41, 5.74) is 2.18. The fourth-order valence-electron chi connectivity index (χ4n) is 3.26. The maximum absolute atomic E-state index is 12.9. The molecule has 2 aromatic rings. The van der Waals surface area contributed by atoms with Crippen molar-refractivity contribution in [2.45, 2.75) is 25.4 Å². The van der Waals surface area contributed by atoms with E-state index in [1.54, 1.807) is 31.4 Å². The van der Waals surface area contributed by atoms with Crippen molar-refractivity contribution in [3.8, 4) is 0 Å². The molecule has 0 fully saturated rings. The normalized spacial score (nSPS) is 15.1. The van der Waals surface area contributed by atoms with E-state index in [9.17, 15) is 18.0 Å². The Balaban J connectivity index is 1.81. The number of benzene rings is 1. The number of halogens is 3. The molecular weight excluding hydrogens is 381 g/mol. The molecular formula is C21H23F3N4O. The van der Waals surface area contributed by atoms with E-state index in [4.69, 9.17) is 0 Å². The monoisotopic (exact) mass is 404 g/mol. The van der Waals surface area contributed by atoms with Gasteiger partial charge in [0.15, 0.2) is 0 Å². The van der Waals surface area contributed by atoms with Crippen LogP contribution in [0.3, 0.4) is 0 Å². The van der Waals surface area contributed by atoms with Gasteiger partial charge in [0.25, 0.3) is 0 Å². The van der Waals surface area contributed by atoms with Crippen LogP contribution >= 0.6 is 0 Å². The fourth-order valence-corrected chi connectivity index (χ4v) is 3.26. The van der Waals surface area contributed by atoms with E-state index >= 15 is 0 Å². The summed E-state index contributed by atoms with van der Waals surface area (Å²) in [6, 6.07) is 8.89. The second-order valence-corrected chi connectivity index (χ2v) is 6.90. The molecule has 1 aliphatic rings. The van der Waals surface area contributed by atoms with Crippen molar-refractivity contribution in [1.82, 2.24) is 15.6 Å². The lowest BCUT2D eigenvalue weighted by Crippen LogP contribution is -2.29.